The number of carbonyl (C=O) groups is 1. The molecule has 1 amide bonds. The first-order valence-corrected chi connectivity index (χ1v) is 8.29. The van der Waals surface area contributed by atoms with Gasteiger partial charge in [-0.3, -0.25) is 4.79 Å². The number of methoxy groups -OCH3 is 2. The number of rotatable bonds is 7. The van der Waals surface area contributed by atoms with Gasteiger partial charge >= 0.3 is 0 Å². The lowest BCUT2D eigenvalue weighted by Gasteiger charge is -2.18. The molecular formula is C18H19Cl2NO4. The summed E-state index contributed by atoms with van der Waals surface area (Å²) in [5.74, 6) is 1.54. The van der Waals surface area contributed by atoms with Gasteiger partial charge in [-0.2, -0.15) is 0 Å². The Bertz CT molecular complexity index is 752. The maximum Gasteiger partial charge on any atom is 0.258 e. The Morgan fingerprint density at radius 2 is 1.76 bits per heavy atom. The van der Waals surface area contributed by atoms with Crippen LogP contribution in [-0.4, -0.2) is 26.7 Å². The number of carbonyl (C=O) groups excluding carboxylic acids is 1. The van der Waals surface area contributed by atoms with Crippen LogP contribution >= 0.6 is 23.2 Å². The standard InChI is InChI=1S/C18H19Cl2NO4/c1-11(14-8-12(23-2)5-7-17(14)24-3)21-18(22)10-25-13-4-6-15(19)16(20)9-13/h4-9,11H,10H2,1-3H3,(H,21,22)/t11-/m1/s1. The van der Waals surface area contributed by atoms with Crippen LogP contribution < -0.4 is 19.5 Å². The Labute approximate surface area is 156 Å². The summed E-state index contributed by atoms with van der Waals surface area (Å²) in [6.07, 6.45) is 0. The number of hydrogen-bond donors (Lipinski definition) is 1. The van der Waals surface area contributed by atoms with Crippen LogP contribution in [0.2, 0.25) is 10.0 Å². The van der Waals surface area contributed by atoms with Crippen molar-refractivity contribution in [3.63, 3.8) is 0 Å². The summed E-state index contributed by atoms with van der Waals surface area (Å²) in [4.78, 5) is 12.1. The van der Waals surface area contributed by atoms with E-state index in [2.05, 4.69) is 5.32 Å². The van der Waals surface area contributed by atoms with Crippen molar-refractivity contribution in [1.82, 2.24) is 5.32 Å². The molecule has 0 fully saturated rings. The number of ether oxygens (including phenoxy) is 3. The Hall–Kier alpha value is -2.11. The minimum atomic E-state index is -0.282. The van der Waals surface area contributed by atoms with Crippen LogP contribution in [-0.2, 0) is 4.79 Å². The molecule has 0 saturated heterocycles. The number of halogens is 2. The molecule has 7 heteroatoms. The van der Waals surface area contributed by atoms with Gasteiger partial charge in [0.25, 0.3) is 5.91 Å². The number of nitrogens with one attached hydrogen (secondary N) is 1. The average molecular weight is 384 g/mol. The minimum absolute atomic E-state index is 0.144. The molecule has 0 aliphatic heterocycles. The topological polar surface area (TPSA) is 56.8 Å². The summed E-state index contributed by atoms with van der Waals surface area (Å²) in [6.45, 7) is 1.71. The van der Waals surface area contributed by atoms with Gasteiger partial charge < -0.3 is 19.5 Å². The molecule has 25 heavy (non-hydrogen) atoms. The zero-order chi connectivity index (χ0) is 18.4. The molecule has 134 valence electrons. The van der Waals surface area contributed by atoms with Crippen molar-refractivity contribution in [2.24, 2.45) is 0 Å². The molecule has 0 aliphatic carbocycles. The van der Waals surface area contributed by atoms with Gasteiger partial charge in [0.05, 0.1) is 30.3 Å². The lowest BCUT2D eigenvalue weighted by molar-refractivity contribution is -0.123. The second-order valence-electron chi connectivity index (χ2n) is 5.26. The Morgan fingerprint density at radius 3 is 2.40 bits per heavy atom. The third kappa shape index (κ3) is 5.18. The van der Waals surface area contributed by atoms with Crippen LogP contribution in [0.3, 0.4) is 0 Å². The van der Waals surface area contributed by atoms with E-state index < -0.39 is 0 Å². The monoisotopic (exact) mass is 383 g/mol. The molecule has 5 nitrogen and oxygen atoms in total. The van der Waals surface area contributed by atoms with E-state index in [1.54, 1.807) is 44.6 Å². The van der Waals surface area contributed by atoms with Gasteiger partial charge in [0.2, 0.25) is 0 Å². The Kier molecular flexibility index (Phi) is 6.79. The molecule has 1 atom stereocenters. The number of amides is 1. The van der Waals surface area contributed by atoms with Crippen molar-refractivity contribution in [3.05, 3.63) is 52.0 Å². The SMILES string of the molecule is COc1ccc(OC)c([C@@H](C)NC(=O)COc2ccc(Cl)c(Cl)c2)c1. The molecule has 0 spiro atoms. The van der Waals surface area contributed by atoms with E-state index >= 15 is 0 Å². The largest absolute Gasteiger partial charge is 0.497 e. The highest BCUT2D eigenvalue weighted by molar-refractivity contribution is 6.42. The molecule has 0 unspecified atom stereocenters. The van der Waals surface area contributed by atoms with E-state index in [1.165, 1.54) is 0 Å². The van der Waals surface area contributed by atoms with Crippen LogP contribution in [0.1, 0.15) is 18.5 Å². The lowest BCUT2D eigenvalue weighted by atomic mass is 10.1. The fourth-order valence-corrected chi connectivity index (χ4v) is 2.54. The third-order valence-corrected chi connectivity index (χ3v) is 4.28. The van der Waals surface area contributed by atoms with Crippen molar-refractivity contribution < 1.29 is 19.0 Å². The van der Waals surface area contributed by atoms with Crippen molar-refractivity contribution in [3.8, 4) is 17.2 Å². The molecule has 0 aliphatic rings. The molecule has 0 bridgehead atoms. The highest BCUT2D eigenvalue weighted by Crippen LogP contribution is 2.29. The summed E-state index contributed by atoms with van der Waals surface area (Å²) in [5, 5.41) is 3.66. The third-order valence-electron chi connectivity index (χ3n) is 3.54. The van der Waals surface area contributed by atoms with Gasteiger partial charge in [0.1, 0.15) is 17.2 Å². The van der Waals surface area contributed by atoms with Gasteiger partial charge in [0, 0.05) is 11.6 Å². The fraction of sp³-hybridized carbons (Fsp3) is 0.278. The van der Waals surface area contributed by atoms with Crippen LogP contribution in [0.15, 0.2) is 36.4 Å². The fourth-order valence-electron chi connectivity index (χ4n) is 2.25. The van der Waals surface area contributed by atoms with E-state index in [1.807, 2.05) is 13.0 Å². The molecule has 2 aromatic rings. The molecule has 0 aromatic heterocycles. The molecule has 1 N–H and O–H groups in total. The lowest BCUT2D eigenvalue weighted by Crippen LogP contribution is -2.31. The van der Waals surface area contributed by atoms with Crippen LogP contribution in [0.4, 0.5) is 0 Å². The first-order chi connectivity index (χ1) is 11.9. The van der Waals surface area contributed by atoms with Crippen molar-refractivity contribution >= 4 is 29.1 Å². The predicted octanol–water partition coefficient (Wildman–Crippen LogP) is 4.27. The van der Waals surface area contributed by atoms with E-state index in [9.17, 15) is 4.79 Å². The maximum absolute atomic E-state index is 12.1. The van der Waals surface area contributed by atoms with Gasteiger partial charge in [-0.15, -0.1) is 0 Å². The first-order valence-electron chi connectivity index (χ1n) is 7.53. The van der Waals surface area contributed by atoms with E-state index in [4.69, 9.17) is 37.4 Å². The summed E-state index contributed by atoms with van der Waals surface area (Å²) < 4.78 is 16.0. The van der Waals surface area contributed by atoms with Gasteiger partial charge in [0.15, 0.2) is 6.61 Å². The minimum Gasteiger partial charge on any atom is -0.497 e. The maximum atomic E-state index is 12.1. The summed E-state index contributed by atoms with van der Waals surface area (Å²) in [7, 11) is 3.16. The second-order valence-corrected chi connectivity index (χ2v) is 6.08. The Balaban J connectivity index is 1.99. The van der Waals surface area contributed by atoms with Gasteiger partial charge in [-0.1, -0.05) is 23.2 Å². The zero-order valence-corrected chi connectivity index (χ0v) is 15.6. The van der Waals surface area contributed by atoms with Crippen molar-refractivity contribution in [1.29, 1.82) is 0 Å². The molecule has 0 radical (unpaired) electrons. The summed E-state index contributed by atoms with van der Waals surface area (Å²) >= 11 is 11.8. The van der Waals surface area contributed by atoms with Gasteiger partial charge in [-0.25, -0.2) is 0 Å². The van der Waals surface area contributed by atoms with E-state index in [-0.39, 0.29) is 18.6 Å². The average Bonchev–Trinajstić information content (AvgIpc) is 2.62. The summed E-state index contributed by atoms with van der Waals surface area (Å²) in [6, 6.07) is 9.95. The van der Waals surface area contributed by atoms with Crippen LogP contribution in [0, 0.1) is 0 Å². The van der Waals surface area contributed by atoms with E-state index in [0.29, 0.717) is 27.3 Å². The molecule has 2 aromatic carbocycles. The first kappa shape index (κ1) is 19.2. The second kappa shape index (κ2) is 8.83. The van der Waals surface area contributed by atoms with Crippen molar-refractivity contribution in [2.75, 3.05) is 20.8 Å². The highest BCUT2D eigenvalue weighted by Gasteiger charge is 2.15. The normalized spacial score (nSPS) is 11.6. The van der Waals surface area contributed by atoms with E-state index in [0.717, 1.165) is 5.56 Å². The number of hydrogen-bond acceptors (Lipinski definition) is 4. The number of benzene rings is 2. The van der Waals surface area contributed by atoms with Crippen LogP contribution in [0.5, 0.6) is 17.2 Å². The van der Waals surface area contributed by atoms with Crippen molar-refractivity contribution in [2.45, 2.75) is 13.0 Å². The highest BCUT2D eigenvalue weighted by atomic mass is 35.5. The van der Waals surface area contributed by atoms with Crippen LogP contribution in [0.25, 0.3) is 0 Å². The Morgan fingerprint density at radius 1 is 1.04 bits per heavy atom. The molecule has 2 rings (SSSR count). The summed E-state index contributed by atoms with van der Waals surface area (Å²) in [5.41, 5.74) is 0.810. The molecule has 0 saturated carbocycles. The predicted molar refractivity (Wildman–Crippen MR) is 98.1 cm³/mol. The smallest absolute Gasteiger partial charge is 0.258 e. The quantitative estimate of drug-likeness (QED) is 0.775. The zero-order valence-electron chi connectivity index (χ0n) is 14.1. The molecule has 0 heterocycles. The molecular weight excluding hydrogens is 365 g/mol. The van der Waals surface area contributed by atoms with Gasteiger partial charge in [-0.05, 0) is 37.3 Å².